The van der Waals surface area contributed by atoms with E-state index in [0.29, 0.717) is 5.41 Å². The smallest absolute Gasteiger partial charge is 0.134 e. The quantitative estimate of drug-likeness (QED) is 0.862. The lowest BCUT2D eigenvalue weighted by Crippen LogP contribution is -2.26. The van der Waals surface area contributed by atoms with E-state index in [9.17, 15) is 0 Å². The van der Waals surface area contributed by atoms with Crippen LogP contribution >= 0.6 is 0 Å². The van der Waals surface area contributed by atoms with Crippen LogP contribution in [0.1, 0.15) is 43.3 Å². The van der Waals surface area contributed by atoms with Crippen molar-refractivity contribution in [1.82, 2.24) is 15.3 Å². The average Bonchev–Trinajstić information content (AvgIpc) is 3.08. The summed E-state index contributed by atoms with van der Waals surface area (Å²) < 4.78 is 0. The molecular formula is C14H21N3. The van der Waals surface area contributed by atoms with Crippen LogP contribution in [0.3, 0.4) is 0 Å². The van der Waals surface area contributed by atoms with Gasteiger partial charge in [0.15, 0.2) is 0 Å². The number of nitrogens with one attached hydrogen (secondary N) is 1. The molecule has 1 N–H and O–H groups in total. The van der Waals surface area contributed by atoms with Crippen molar-refractivity contribution in [3.8, 4) is 0 Å². The van der Waals surface area contributed by atoms with E-state index in [4.69, 9.17) is 4.98 Å². The lowest BCUT2D eigenvalue weighted by atomic mass is 9.87. The largest absolute Gasteiger partial charge is 0.319 e. The van der Waals surface area contributed by atoms with E-state index >= 15 is 0 Å². The van der Waals surface area contributed by atoms with Crippen LogP contribution in [0, 0.1) is 5.92 Å². The van der Waals surface area contributed by atoms with Crippen molar-refractivity contribution in [3.63, 3.8) is 0 Å². The fourth-order valence-corrected chi connectivity index (χ4v) is 2.75. The number of hydrogen-bond acceptors (Lipinski definition) is 3. The molecule has 2 aliphatic rings. The Morgan fingerprint density at radius 3 is 3.00 bits per heavy atom. The molecule has 1 heterocycles. The first-order chi connectivity index (χ1) is 8.21. The maximum atomic E-state index is 4.81. The molecule has 2 aliphatic carbocycles. The topological polar surface area (TPSA) is 37.8 Å². The predicted molar refractivity (Wildman–Crippen MR) is 68.1 cm³/mol. The molecule has 0 amide bonds. The maximum absolute atomic E-state index is 4.81. The van der Waals surface area contributed by atoms with E-state index in [1.165, 1.54) is 30.5 Å². The number of rotatable bonds is 3. The Labute approximate surface area is 103 Å². The molecule has 3 heteroatoms. The van der Waals surface area contributed by atoms with Gasteiger partial charge in [0.1, 0.15) is 5.82 Å². The summed E-state index contributed by atoms with van der Waals surface area (Å²) in [5.74, 6) is 1.85. The lowest BCUT2D eigenvalue weighted by molar-refractivity contribution is 0.432. The molecule has 0 aromatic carbocycles. The molecule has 1 aromatic heterocycles. The monoisotopic (exact) mass is 231 g/mol. The highest BCUT2D eigenvalue weighted by atomic mass is 14.9. The standard InChI is InChI=1S/C14H21N3/c1-14(5-6-14)13-16-9-11-7-10(8-15-2)3-4-12(11)17-13/h9-10,15H,3-8H2,1-2H3. The van der Waals surface area contributed by atoms with Crippen molar-refractivity contribution in [2.45, 2.75) is 44.4 Å². The van der Waals surface area contributed by atoms with Crippen molar-refractivity contribution in [2.24, 2.45) is 5.92 Å². The minimum absolute atomic E-state index is 0.302. The molecule has 0 spiro atoms. The number of hydrogen-bond donors (Lipinski definition) is 1. The zero-order chi connectivity index (χ0) is 11.9. The molecule has 1 atom stereocenters. The second-order valence-corrected chi connectivity index (χ2v) is 5.89. The van der Waals surface area contributed by atoms with Gasteiger partial charge in [0.2, 0.25) is 0 Å². The fraction of sp³-hybridized carbons (Fsp3) is 0.714. The third kappa shape index (κ3) is 2.08. The Bertz CT molecular complexity index is 423. The Morgan fingerprint density at radius 1 is 1.47 bits per heavy atom. The van der Waals surface area contributed by atoms with Gasteiger partial charge >= 0.3 is 0 Å². The first kappa shape index (κ1) is 11.1. The van der Waals surface area contributed by atoms with E-state index < -0.39 is 0 Å². The molecule has 1 aromatic rings. The van der Waals surface area contributed by atoms with Gasteiger partial charge in [0.25, 0.3) is 0 Å². The highest BCUT2D eigenvalue weighted by Crippen LogP contribution is 2.46. The van der Waals surface area contributed by atoms with Gasteiger partial charge in [0.05, 0.1) is 0 Å². The summed E-state index contributed by atoms with van der Waals surface area (Å²) in [6.07, 6.45) is 8.15. The van der Waals surface area contributed by atoms with Gasteiger partial charge in [-0.15, -0.1) is 0 Å². The van der Waals surface area contributed by atoms with Gasteiger partial charge in [-0.05, 0) is 57.2 Å². The third-order valence-electron chi connectivity index (χ3n) is 4.28. The van der Waals surface area contributed by atoms with Crippen molar-refractivity contribution in [2.75, 3.05) is 13.6 Å². The summed E-state index contributed by atoms with van der Waals surface area (Å²) in [5, 5.41) is 3.27. The van der Waals surface area contributed by atoms with Gasteiger partial charge in [-0.1, -0.05) is 6.92 Å². The Balaban J connectivity index is 1.81. The van der Waals surface area contributed by atoms with Crippen LogP contribution in [0.4, 0.5) is 0 Å². The summed E-state index contributed by atoms with van der Waals surface area (Å²) in [6, 6.07) is 0. The molecule has 0 radical (unpaired) electrons. The summed E-state index contributed by atoms with van der Waals surface area (Å²) in [6.45, 7) is 3.39. The summed E-state index contributed by atoms with van der Waals surface area (Å²) in [7, 11) is 2.03. The van der Waals surface area contributed by atoms with E-state index in [1.54, 1.807) is 0 Å². The molecule has 0 aliphatic heterocycles. The van der Waals surface area contributed by atoms with Gasteiger partial charge in [-0.25, -0.2) is 9.97 Å². The summed E-state index contributed by atoms with van der Waals surface area (Å²) in [5.41, 5.74) is 3.00. The zero-order valence-electron chi connectivity index (χ0n) is 10.8. The van der Waals surface area contributed by atoms with Crippen molar-refractivity contribution < 1.29 is 0 Å². The molecular weight excluding hydrogens is 210 g/mol. The van der Waals surface area contributed by atoms with Gasteiger partial charge < -0.3 is 5.32 Å². The molecule has 17 heavy (non-hydrogen) atoms. The number of nitrogens with zero attached hydrogens (tertiary/aromatic N) is 2. The number of fused-ring (bicyclic) bond motifs is 1. The van der Waals surface area contributed by atoms with Crippen LogP contribution in [0.15, 0.2) is 6.20 Å². The molecule has 1 saturated carbocycles. The van der Waals surface area contributed by atoms with Crippen LogP contribution in [0.25, 0.3) is 0 Å². The average molecular weight is 231 g/mol. The van der Waals surface area contributed by atoms with Crippen LogP contribution in [-0.2, 0) is 18.3 Å². The predicted octanol–water partition coefficient (Wildman–Crippen LogP) is 1.85. The maximum Gasteiger partial charge on any atom is 0.134 e. The lowest BCUT2D eigenvalue weighted by Gasteiger charge is -2.24. The van der Waals surface area contributed by atoms with Crippen LogP contribution in [0.5, 0.6) is 0 Å². The van der Waals surface area contributed by atoms with Crippen LogP contribution in [-0.4, -0.2) is 23.6 Å². The minimum atomic E-state index is 0.302. The second-order valence-electron chi connectivity index (χ2n) is 5.89. The van der Waals surface area contributed by atoms with Gasteiger partial charge in [0, 0.05) is 17.3 Å². The van der Waals surface area contributed by atoms with Crippen molar-refractivity contribution >= 4 is 0 Å². The summed E-state index contributed by atoms with van der Waals surface area (Å²) in [4.78, 5) is 9.40. The second kappa shape index (κ2) is 4.05. The molecule has 1 unspecified atom stereocenters. The van der Waals surface area contributed by atoms with Crippen molar-refractivity contribution in [1.29, 1.82) is 0 Å². The molecule has 0 saturated heterocycles. The Kier molecular flexibility index (Phi) is 2.66. The normalized spacial score (nSPS) is 25.4. The molecule has 0 bridgehead atoms. The summed E-state index contributed by atoms with van der Waals surface area (Å²) >= 11 is 0. The van der Waals surface area contributed by atoms with E-state index in [0.717, 1.165) is 31.1 Å². The van der Waals surface area contributed by atoms with E-state index in [2.05, 4.69) is 23.4 Å². The SMILES string of the molecule is CNCC1CCc2nc(C3(C)CC3)ncc2C1. The highest BCUT2D eigenvalue weighted by Gasteiger charge is 2.42. The van der Waals surface area contributed by atoms with Crippen LogP contribution < -0.4 is 5.32 Å². The molecule has 3 rings (SSSR count). The Hall–Kier alpha value is -0.960. The zero-order valence-corrected chi connectivity index (χ0v) is 10.8. The third-order valence-corrected chi connectivity index (χ3v) is 4.28. The fourth-order valence-electron chi connectivity index (χ4n) is 2.75. The molecule has 1 fully saturated rings. The van der Waals surface area contributed by atoms with Crippen LogP contribution in [0.2, 0.25) is 0 Å². The van der Waals surface area contributed by atoms with Crippen molar-refractivity contribution in [3.05, 3.63) is 23.3 Å². The Morgan fingerprint density at radius 2 is 2.29 bits per heavy atom. The molecule has 92 valence electrons. The first-order valence-corrected chi connectivity index (χ1v) is 6.71. The van der Waals surface area contributed by atoms with E-state index in [1.807, 2.05) is 7.05 Å². The van der Waals surface area contributed by atoms with Gasteiger partial charge in [-0.3, -0.25) is 0 Å². The number of aromatic nitrogens is 2. The highest BCUT2D eigenvalue weighted by molar-refractivity contribution is 5.25. The number of aryl methyl sites for hydroxylation is 1. The minimum Gasteiger partial charge on any atom is -0.319 e. The first-order valence-electron chi connectivity index (χ1n) is 6.71. The van der Waals surface area contributed by atoms with Gasteiger partial charge in [-0.2, -0.15) is 0 Å². The van der Waals surface area contributed by atoms with E-state index in [-0.39, 0.29) is 0 Å². The molecule has 3 nitrogen and oxygen atoms in total.